The fourth-order valence-corrected chi connectivity index (χ4v) is 4.46. The van der Waals surface area contributed by atoms with Crippen LogP contribution < -0.4 is 5.32 Å². The number of rotatable bonds is 5. The Bertz CT molecular complexity index is 786. The summed E-state index contributed by atoms with van der Waals surface area (Å²) in [6.07, 6.45) is 0. The molecule has 1 atom stereocenters. The van der Waals surface area contributed by atoms with E-state index in [1.807, 2.05) is 29.6 Å². The van der Waals surface area contributed by atoms with E-state index < -0.39 is 0 Å². The van der Waals surface area contributed by atoms with Gasteiger partial charge in [-0.05, 0) is 35.1 Å². The van der Waals surface area contributed by atoms with Crippen LogP contribution in [0.2, 0.25) is 0 Å². The van der Waals surface area contributed by atoms with Gasteiger partial charge in [0.1, 0.15) is 0 Å². The summed E-state index contributed by atoms with van der Waals surface area (Å²) in [6.45, 7) is 6.94. The number of aromatic nitrogens is 1. The summed E-state index contributed by atoms with van der Waals surface area (Å²) in [7, 11) is 0. The van der Waals surface area contributed by atoms with E-state index in [1.54, 1.807) is 11.3 Å². The molecule has 0 aliphatic heterocycles. The maximum atomic E-state index is 12.4. The third-order valence-corrected chi connectivity index (χ3v) is 6.02. The normalized spacial score (nSPS) is 12.7. The molecule has 120 valence electrons. The van der Waals surface area contributed by atoms with Crippen molar-refractivity contribution in [1.29, 1.82) is 0 Å². The lowest BCUT2D eigenvalue weighted by Crippen LogP contribution is -2.27. The lowest BCUT2D eigenvalue weighted by molar-refractivity contribution is 0.0954. The van der Waals surface area contributed by atoms with Crippen molar-refractivity contribution in [2.24, 2.45) is 0 Å². The molecule has 0 bridgehead atoms. The van der Waals surface area contributed by atoms with E-state index in [4.69, 9.17) is 0 Å². The molecule has 0 radical (unpaired) electrons. The highest BCUT2D eigenvalue weighted by Crippen LogP contribution is 2.27. The van der Waals surface area contributed by atoms with Gasteiger partial charge in [-0.2, -0.15) is 0 Å². The third-order valence-electron chi connectivity index (χ3n) is 3.82. The van der Waals surface area contributed by atoms with E-state index in [9.17, 15) is 4.79 Å². The second-order valence-corrected chi connectivity index (χ2v) is 7.97. The molecule has 2 aromatic heterocycles. The van der Waals surface area contributed by atoms with E-state index >= 15 is 0 Å². The van der Waals surface area contributed by atoms with Crippen LogP contribution in [-0.4, -0.2) is 17.4 Å². The molecule has 0 aliphatic rings. The number of benzene rings is 1. The number of para-hydroxylation sites is 1. The molecule has 1 amide bonds. The summed E-state index contributed by atoms with van der Waals surface area (Å²) >= 11 is 3.21. The SMILES string of the molecule is CC(C)c1ccsc1C(=O)NCC(C)c1nc2ccccc2s1. The molecular weight excluding hydrogens is 324 g/mol. The molecule has 0 aliphatic carbocycles. The number of thiophene rings is 1. The highest BCUT2D eigenvalue weighted by molar-refractivity contribution is 7.18. The molecule has 0 fully saturated rings. The van der Waals surface area contributed by atoms with Crippen LogP contribution >= 0.6 is 22.7 Å². The highest BCUT2D eigenvalue weighted by atomic mass is 32.1. The van der Waals surface area contributed by atoms with E-state index in [1.165, 1.54) is 16.0 Å². The van der Waals surface area contributed by atoms with Gasteiger partial charge in [0, 0.05) is 12.5 Å². The number of amides is 1. The first-order chi connectivity index (χ1) is 11.1. The van der Waals surface area contributed by atoms with E-state index in [0.29, 0.717) is 12.5 Å². The van der Waals surface area contributed by atoms with Crippen LogP contribution in [0.3, 0.4) is 0 Å². The van der Waals surface area contributed by atoms with Crippen molar-refractivity contribution >= 4 is 38.8 Å². The van der Waals surface area contributed by atoms with Gasteiger partial charge in [-0.1, -0.05) is 32.9 Å². The van der Waals surface area contributed by atoms with Crippen LogP contribution in [0.1, 0.15) is 52.8 Å². The Morgan fingerprint density at radius 1 is 1.22 bits per heavy atom. The number of carbonyl (C=O) groups is 1. The third kappa shape index (κ3) is 3.46. The number of hydrogen-bond acceptors (Lipinski definition) is 4. The van der Waals surface area contributed by atoms with E-state index in [2.05, 4.69) is 37.1 Å². The number of nitrogens with zero attached hydrogens (tertiary/aromatic N) is 1. The van der Waals surface area contributed by atoms with Crippen molar-refractivity contribution in [2.45, 2.75) is 32.6 Å². The maximum Gasteiger partial charge on any atom is 0.261 e. The fourth-order valence-electron chi connectivity index (χ4n) is 2.47. The topological polar surface area (TPSA) is 42.0 Å². The average molecular weight is 345 g/mol. The monoisotopic (exact) mass is 344 g/mol. The first-order valence-electron chi connectivity index (χ1n) is 7.77. The Morgan fingerprint density at radius 3 is 2.74 bits per heavy atom. The highest BCUT2D eigenvalue weighted by Gasteiger charge is 2.17. The largest absolute Gasteiger partial charge is 0.351 e. The predicted octanol–water partition coefficient (Wildman–Crippen LogP) is 5.01. The van der Waals surface area contributed by atoms with E-state index in [0.717, 1.165) is 21.0 Å². The molecule has 5 heteroatoms. The molecule has 3 nitrogen and oxygen atoms in total. The minimum Gasteiger partial charge on any atom is -0.351 e. The van der Waals surface area contributed by atoms with Gasteiger partial charge >= 0.3 is 0 Å². The van der Waals surface area contributed by atoms with Gasteiger partial charge in [0.25, 0.3) is 5.91 Å². The lowest BCUT2D eigenvalue weighted by Gasteiger charge is -2.11. The Balaban J connectivity index is 1.67. The van der Waals surface area contributed by atoms with Gasteiger partial charge in [0.05, 0.1) is 20.1 Å². The van der Waals surface area contributed by atoms with Crippen molar-refractivity contribution in [3.05, 3.63) is 51.2 Å². The Hall–Kier alpha value is -1.72. The zero-order chi connectivity index (χ0) is 16.4. The zero-order valence-electron chi connectivity index (χ0n) is 13.5. The number of fused-ring (bicyclic) bond motifs is 1. The Labute approximate surface area is 144 Å². The number of nitrogens with one attached hydrogen (secondary N) is 1. The Kier molecular flexibility index (Phi) is 4.78. The second kappa shape index (κ2) is 6.81. The molecule has 0 saturated carbocycles. The summed E-state index contributed by atoms with van der Waals surface area (Å²) in [4.78, 5) is 17.9. The molecule has 23 heavy (non-hydrogen) atoms. The maximum absolute atomic E-state index is 12.4. The fraction of sp³-hybridized carbons (Fsp3) is 0.333. The zero-order valence-corrected chi connectivity index (χ0v) is 15.1. The van der Waals surface area contributed by atoms with Crippen molar-refractivity contribution in [3.63, 3.8) is 0 Å². The Morgan fingerprint density at radius 2 is 2.00 bits per heavy atom. The van der Waals surface area contributed by atoms with Crippen molar-refractivity contribution in [1.82, 2.24) is 10.3 Å². The molecule has 1 aromatic carbocycles. The van der Waals surface area contributed by atoms with Gasteiger partial charge in [-0.15, -0.1) is 22.7 Å². The first kappa shape index (κ1) is 16.1. The summed E-state index contributed by atoms with van der Waals surface area (Å²) in [5.74, 6) is 0.596. The summed E-state index contributed by atoms with van der Waals surface area (Å²) in [5.41, 5.74) is 2.16. The molecule has 1 unspecified atom stereocenters. The lowest BCUT2D eigenvalue weighted by atomic mass is 10.0. The number of hydrogen-bond donors (Lipinski definition) is 1. The van der Waals surface area contributed by atoms with Crippen LogP contribution in [0.4, 0.5) is 0 Å². The molecule has 2 heterocycles. The predicted molar refractivity (Wildman–Crippen MR) is 98.8 cm³/mol. The van der Waals surface area contributed by atoms with Crippen LogP contribution in [0, 0.1) is 0 Å². The molecular formula is C18H20N2OS2. The molecule has 1 N–H and O–H groups in total. The average Bonchev–Trinajstić information content (AvgIpc) is 3.18. The van der Waals surface area contributed by atoms with Gasteiger partial charge < -0.3 is 5.32 Å². The molecule has 3 aromatic rings. The smallest absolute Gasteiger partial charge is 0.261 e. The molecule has 0 spiro atoms. The number of carbonyl (C=O) groups excluding carboxylic acids is 1. The minimum absolute atomic E-state index is 0.0247. The van der Waals surface area contributed by atoms with Crippen molar-refractivity contribution < 1.29 is 4.79 Å². The number of thiazole rings is 1. The summed E-state index contributed by atoms with van der Waals surface area (Å²) < 4.78 is 1.20. The molecule has 3 rings (SSSR count). The van der Waals surface area contributed by atoms with Crippen molar-refractivity contribution in [2.75, 3.05) is 6.54 Å². The van der Waals surface area contributed by atoms with Crippen LogP contribution in [0.15, 0.2) is 35.7 Å². The summed E-state index contributed by atoms with van der Waals surface area (Å²) in [5, 5.41) is 6.12. The van der Waals surface area contributed by atoms with Crippen LogP contribution in [-0.2, 0) is 0 Å². The second-order valence-electron chi connectivity index (χ2n) is 5.99. The minimum atomic E-state index is 0.0247. The van der Waals surface area contributed by atoms with Crippen LogP contribution in [0.5, 0.6) is 0 Å². The van der Waals surface area contributed by atoms with Gasteiger partial charge in [-0.3, -0.25) is 4.79 Å². The standard InChI is InChI=1S/C18H20N2OS2/c1-11(2)13-8-9-22-16(13)17(21)19-10-12(3)18-20-14-6-4-5-7-15(14)23-18/h4-9,11-12H,10H2,1-3H3,(H,19,21). The van der Waals surface area contributed by atoms with Gasteiger partial charge in [0.15, 0.2) is 0 Å². The summed E-state index contributed by atoms with van der Waals surface area (Å²) in [6, 6.07) is 10.2. The van der Waals surface area contributed by atoms with Crippen LogP contribution in [0.25, 0.3) is 10.2 Å². The first-order valence-corrected chi connectivity index (χ1v) is 9.47. The van der Waals surface area contributed by atoms with Gasteiger partial charge in [0.2, 0.25) is 0 Å². The van der Waals surface area contributed by atoms with E-state index in [-0.39, 0.29) is 11.8 Å². The molecule has 0 saturated heterocycles. The quantitative estimate of drug-likeness (QED) is 0.706. The van der Waals surface area contributed by atoms with Gasteiger partial charge in [-0.25, -0.2) is 4.98 Å². The van der Waals surface area contributed by atoms with Crippen molar-refractivity contribution in [3.8, 4) is 0 Å².